The summed E-state index contributed by atoms with van der Waals surface area (Å²) in [6, 6.07) is 1.74. The van der Waals surface area contributed by atoms with Crippen LogP contribution in [-0.4, -0.2) is 59.0 Å². The van der Waals surface area contributed by atoms with Gasteiger partial charge in [-0.05, 0) is 32.4 Å². The number of furan rings is 1. The minimum Gasteiger partial charge on any atom is -0.456 e. The van der Waals surface area contributed by atoms with Gasteiger partial charge in [-0.25, -0.2) is 0 Å². The molecule has 1 saturated heterocycles. The molecule has 1 aromatic rings. The van der Waals surface area contributed by atoms with Crippen molar-refractivity contribution in [1.82, 2.24) is 9.80 Å². The van der Waals surface area contributed by atoms with Gasteiger partial charge in [0, 0.05) is 26.2 Å². The highest BCUT2D eigenvalue weighted by Gasteiger charge is 2.27. The summed E-state index contributed by atoms with van der Waals surface area (Å²) in [6.07, 6.45) is -0.993. The Morgan fingerprint density at radius 3 is 2.20 bits per heavy atom. The van der Waals surface area contributed by atoms with Crippen molar-refractivity contribution in [2.45, 2.75) is 26.9 Å². The number of amides is 2. The Morgan fingerprint density at radius 1 is 1.20 bits per heavy atom. The lowest BCUT2D eigenvalue weighted by Gasteiger charge is -2.34. The predicted molar refractivity (Wildman–Crippen MR) is 72.3 cm³/mol. The average Bonchev–Trinajstić information content (AvgIpc) is 2.77. The van der Waals surface area contributed by atoms with Crippen molar-refractivity contribution >= 4 is 11.8 Å². The lowest BCUT2D eigenvalue weighted by Crippen LogP contribution is -2.52. The van der Waals surface area contributed by atoms with E-state index in [0.29, 0.717) is 31.9 Å². The van der Waals surface area contributed by atoms with E-state index in [2.05, 4.69) is 0 Å². The second-order valence-electron chi connectivity index (χ2n) is 5.14. The number of hydrogen-bond donors (Lipinski definition) is 1. The second kappa shape index (κ2) is 5.66. The zero-order chi connectivity index (χ0) is 14.9. The van der Waals surface area contributed by atoms with Crippen molar-refractivity contribution in [3.05, 3.63) is 23.2 Å². The number of aryl methyl sites for hydroxylation is 2. The molecule has 2 heterocycles. The highest BCUT2D eigenvalue weighted by Crippen LogP contribution is 2.16. The van der Waals surface area contributed by atoms with Gasteiger partial charge in [0.2, 0.25) is 0 Å². The molecule has 0 bridgehead atoms. The SMILES string of the molecule is Cc1cc(C(=O)N2CCN(C(=O)C(C)O)CC2)oc1C. The van der Waals surface area contributed by atoms with E-state index in [1.165, 1.54) is 6.92 Å². The van der Waals surface area contributed by atoms with Gasteiger partial charge < -0.3 is 19.3 Å². The number of piperazine rings is 1. The highest BCUT2D eigenvalue weighted by atomic mass is 16.4. The van der Waals surface area contributed by atoms with Crippen LogP contribution >= 0.6 is 0 Å². The van der Waals surface area contributed by atoms with E-state index in [4.69, 9.17) is 4.42 Å². The van der Waals surface area contributed by atoms with Crippen molar-refractivity contribution in [3.8, 4) is 0 Å². The van der Waals surface area contributed by atoms with E-state index in [9.17, 15) is 14.7 Å². The van der Waals surface area contributed by atoms with Gasteiger partial charge in [0.1, 0.15) is 11.9 Å². The summed E-state index contributed by atoms with van der Waals surface area (Å²) in [4.78, 5) is 27.1. The average molecular weight is 280 g/mol. The molecule has 0 aliphatic carbocycles. The first-order chi connectivity index (χ1) is 9.40. The number of aliphatic hydroxyl groups excluding tert-OH is 1. The molecular weight excluding hydrogens is 260 g/mol. The Kier molecular flexibility index (Phi) is 4.13. The molecule has 0 aromatic carbocycles. The smallest absolute Gasteiger partial charge is 0.289 e. The molecule has 2 amide bonds. The van der Waals surface area contributed by atoms with Crippen LogP contribution in [0.25, 0.3) is 0 Å². The summed E-state index contributed by atoms with van der Waals surface area (Å²) in [6.45, 7) is 6.96. The molecule has 110 valence electrons. The third-order valence-corrected chi connectivity index (χ3v) is 3.61. The predicted octanol–water partition coefficient (Wildman–Crippen LogP) is 0.562. The Bertz CT molecular complexity index is 494. The number of nitrogens with zero attached hydrogens (tertiary/aromatic N) is 2. The van der Waals surface area contributed by atoms with E-state index < -0.39 is 6.10 Å². The van der Waals surface area contributed by atoms with Crippen LogP contribution in [0.1, 0.15) is 28.8 Å². The van der Waals surface area contributed by atoms with Crippen LogP contribution in [0, 0.1) is 13.8 Å². The third-order valence-electron chi connectivity index (χ3n) is 3.61. The summed E-state index contributed by atoms with van der Waals surface area (Å²) in [5.74, 6) is 0.652. The van der Waals surface area contributed by atoms with Crippen LogP contribution in [-0.2, 0) is 4.79 Å². The van der Waals surface area contributed by atoms with Gasteiger partial charge in [-0.3, -0.25) is 9.59 Å². The van der Waals surface area contributed by atoms with E-state index in [-0.39, 0.29) is 11.8 Å². The van der Waals surface area contributed by atoms with Crippen LogP contribution in [0.15, 0.2) is 10.5 Å². The Balaban J connectivity index is 1.97. The maximum atomic E-state index is 12.3. The third kappa shape index (κ3) is 2.85. The quantitative estimate of drug-likeness (QED) is 0.859. The molecule has 1 aliphatic heterocycles. The minimum atomic E-state index is -0.993. The van der Waals surface area contributed by atoms with E-state index in [0.717, 1.165) is 11.3 Å². The van der Waals surface area contributed by atoms with E-state index >= 15 is 0 Å². The first-order valence-corrected chi connectivity index (χ1v) is 6.73. The van der Waals surface area contributed by atoms with Gasteiger partial charge in [0.15, 0.2) is 5.76 Å². The van der Waals surface area contributed by atoms with Crippen molar-refractivity contribution in [1.29, 1.82) is 0 Å². The van der Waals surface area contributed by atoms with E-state index in [1.54, 1.807) is 15.9 Å². The highest BCUT2D eigenvalue weighted by molar-refractivity contribution is 5.92. The molecule has 6 heteroatoms. The number of hydrogen-bond acceptors (Lipinski definition) is 4. The molecule has 1 aliphatic rings. The molecule has 1 N–H and O–H groups in total. The fraction of sp³-hybridized carbons (Fsp3) is 0.571. The van der Waals surface area contributed by atoms with Gasteiger partial charge in [-0.15, -0.1) is 0 Å². The molecule has 20 heavy (non-hydrogen) atoms. The molecule has 2 rings (SSSR count). The standard InChI is InChI=1S/C14H20N2O4/c1-9-8-12(20-11(9)3)14(19)16-6-4-15(5-7-16)13(18)10(2)17/h8,10,17H,4-7H2,1-3H3. The van der Waals surface area contributed by atoms with Gasteiger partial charge in [-0.1, -0.05) is 0 Å². The van der Waals surface area contributed by atoms with Gasteiger partial charge >= 0.3 is 0 Å². The number of carbonyl (C=O) groups excluding carboxylic acids is 2. The molecular formula is C14H20N2O4. The van der Waals surface area contributed by atoms with Crippen LogP contribution in [0.3, 0.4) is 0 Å². The molecule has 6 nitrogen and oxygen atoms in total. The topological polar surface area (TPSA) is 74.0 Å². The van der Waals surface area contributed by atoms with Gasteiger partial charge in [-0.2, -0.15) is 0 Å². The molecule has 0 spiro atoms. The lowest BCUT2D eigenvalue weighted by molar-refractivity contribution is -0.140. The van der Waals surface area contributed by atoms with Crippen LogP contribution in [0.5, 0.6) is 0 Å². The summed E-state index contributed by atoms with van der Waals surface area (Å²) >= 11 is 0. The van der Waals surface area contributed by atoms with Crippen LogP contribution in [0.4, 0.5) is 0 Å². The van der Waals surface area contributed by atoms with Gasteiger partial charge in [0.25, 0.3) is 11.8 Å². The van der Waals surface area contributed by atoms with E-state index in [1.807, 2.05) is 13.8 Å². The maximum absolute atomic E-state index is 12.3. The molecule has 1 atom stereocenters. The number of aliphatic hydroxyl groups is 1. The zero-order valence-corrected chi connectivity index (χ0v) is 12.0. The lowest BCUT2D eigenvalue weighted by atomic mass is 10.2. The Morgan fingerprint density at radius 2 is 1.75 bits per heavy atom. The van der Waals surface area contributed by atoms with Crippen molar-refractivity contribution in [3.63, 3.8) is 0 Å². The van der Waals surface area contributed by atoms with Crippen molar-refractivity contribution in [2.24, 2.45) is 0 Å². The second-order valence-corrected chi connectivity index (χ2v) is 5.14. The Labute approximate surface area is 118 Å². The van der Waals surface area contributed by atoms with Crippen molar-refractivity contribution in [2.75, 3.05) is 26.2 Å². The summed E-state index contributed by atoms with van der Waals surface area (Å²) in [5.41, 5.74) is 0.955. The first kappa shape index (κ1) is 14.6. The zero-order valence-electron chi connectivity index (χ0n) is 12.0. The fourth-order valence-corrected chi connectivity index (χ4v) is 2.23. The normalized spacial score (nSPS) is 17.2. The fourth-order valence-electron chi connectivity index (χ4n) is 2.23. The molecule has 0 radical (unpaired) electrons. The summed E-state index contributed by atoms with van der Waals surface area (Å²) in [7, 11) is 0. The molecule has 1 unspecified atom stereocenters. The number of carbonyl (C=O) groups is 2. The van der Waals surface area contributed by atoms with Crippen molar-refractivity contribution < 1.29 is 19.1 Å². The van der Waals surface area contributed by atoms with Gasteiger partial charge in [0.05, 0.1) is 0 Å². The monoisotopic (exact) mass is 280 g/mol. The minimum absolute atomic E-state index is 0.148. The van der Waals surface area contributed by atoms with Crippen LogP contribution < -0.4 is 0 Å². The first-order valence-electron chi connectivity index (χ1n) is 6.73. The maximum Gasteiger partial charge on any atom is 0.289 e. The van der Waals surface area contributed by atoms with Crippen LogP contribution in [0.2, 0.25) is 0 Å². The molecule has 1 fully saturated rings. The molecule has 0 saturated carbocycles. The Hall–Kier alpha value is -1.82. The largest absolute Gasteiger partial charge is 0.456 e. The number of rotatable bonds is 2. The molecule has 1 aromatic heterocycles. The summed E-state index contributed by atoms with van der Waals surface area (Å²) in [5, 5.41) is 9.27. The summed E-state index contributed by atoms with van der Waals surface area (Å²) < 4.78 is 5.43.